The zero-order valence-corrected chi connectivity index (χ0v) is 23.5. The highest BCUT2D eigenvalue weighted by molar-refractivity contribution is 6.84. The van der Waals surface area contributed by atoms with Gasteiger partial charge in [0.25, 0.3) is 0 Å². The molecule has 12 heteroatoms. The van der Waals surface area contributed by atoms with Gasteiger partial charge in [-0.15, -0.1) is 0 Å². The van der Waals surface area contributed by atoms with E-state index in [-0.39, 0.29) is 12.5 Å². The summed E-state index contributed by atoms with van der Waals surface area (Å²) in [5.41, 5.74) is 0. The van der Waals surface area contributed by atoms with E-state index in [1.807, 2.05) is 43.4 Å². The summed E-state index contributed by atoms with van der Waals surface area (Å²) in [7, 11) is -2.44. The molecule has 0 bridgehead atoms. The topological polar surface area (TPSA) is 133 Å². The molecule has 6 atom stereocenters. The van der Waals surface area contributed by atoms with Gasteiger partial charge in [-0.05, 0) is 31.1 Å². The molecule has 11 nitrogen and oxygen atoms in total. The second-order valence-electron chi connectivity index (χ2n) is 9.90. The summed E-state index contributed by atoms with van der Waals surface area (Å²) < 4.78 is 40.5. The van der Waals surface area contributed by atoms with Gasteiger partial charge in [0.15, 0.2) is 24.6 Å². The van der Waals surface area contributed by atoms with Crippen LogP contribution in [0, 0.1) is 5.92 Å². The average Bonchev–Trinajstić information content (AvgIpc) is 3.66. The maximum Gasteiger partial charge on any atom is 0.303 e. The number of carbonyl (C=O) groups excluding carboxylic acids is 4. The normalized spacial score (nSPS) is 26.1. The summed E-state index contributed by atoms with van der Waals surface area (Å²) in [6.45, 7) is 8.53. The molecule has 0 amide bonds. The summed E-state index contributed by atoms with van der Waals surface area (Å²) in [6.07, 6.45) is -5.15. The largest absolute Gasteiger partial charge is 0.463 e. The van der Waals surface area contributed by atoms with Crippen molar-refractivity contribution in [3.05, 3.63) is 30.3 Å². The molecule has 0 spiro atoms. The molecule has 1 unspecified atom stereocenters. The second kappa shape index (κ2) is 12.8. The summed E-state index contributed by atoms with van der Waals surface area (Å²) in [6, 6.07) is 9.83. The van der Waals surface area contributed by atoms with Gasteiger partial charge in [-0.25, -0.2) is 0 Å². The van der Waals surface area contributed by atoms with Gasteiger partial charge in [-0.3, -0.25) is 19.2 Å². The van der Waals surface area contributed by atoms with Crippen LogP contribution in [-0.2, 0) is 52.0 Å². The lowest BCUT2D eigenvalue weighted by Crippen LogP contribution is -2.63. The van der Waals surface area contributed by atoms with Gasteiger partial charge in [0.05, 0.1) is 0 Å². The van der Waals surface area contributed by atoms with E-state index in [0.29, 0.717) is 0 Å². The molecule has 210 valence electrons. The number of hydrogen-bond donors (Lipinski definition) is 0. The zero-order valence-electron chi connectivity index (χ0n) is 22.5. The Kier molecular flexibility index (Phi) is 10.0. The van der Waals surface area contributed by atoms with Crippen molar-refractivity contribution in [1.29, 1.82) is 0 Å². The lowest BCUT2D eigenvalue weighted by atomic mass is 9.98. The van der Waals surface area contributed by atoms with Crippen molar-refractivity contribution in [3.63, 3.8) is 0 Å². The molecule has 1 heterocycles. The van der Waals surface area contributed by atoms with E-state index in [9.17, 15) is 19.2 Å². The van der Waals surface area contributed by atoms with Crippen LogP contribution in [-0.4, -0.2) is 75.8 Å². The highest BCUT2D eigenvalue weighted by Gasteiger charge is 2.54. The fraction of sp³-hybridized carbons (Fsp3) is 0.615. The molecule has 2 fully saturated rings. The van der Waals surface area contributed by atoms with Crippen LogP contribution in [0.25, 0.3) is 0 Å². The third-order valence-electron chi connectivity index (χ3n) is 6.10. The smallest absolute Gasteiger partial charge is 0.303 e. The first kappa shape index (κ1) is 29.7. The van der Waals surface area contributed by atoms with Crippen molar-refractivity contribution >= 4 is 37.4 Å². The predicted molar refractivity (Wildman–Crippen MR) is 134 cm³/mol. The highest BCUT2D eigenvalue weighted by Crippen LogP contribution is 2.39. The van der Waals surface area contributed by atoms with Crippen LogP contribution in [0.15, 0.2) is 30.3 Å². The Morgan fingerprint density at radius 2 is 1.39 bits per heavy atom. The zero-order chi connectivity index (χ0) is 28.0. The molecule has 1 aliphatic heterocycles. The van der Waals surface area contributed by atoms with E-state index in [2.05, 4.69) is 0 Å². The maximum absolute atomic E-state index is 12.1. The molecule has 0 aromatic heterocycles. The van der Waals surface area contributed by atoms with Gasteiger partial charge in [0, 0.05) is 33.6 Å². The van der Waals surface area contributed by atoms with Crippen LogP contribution in [0.2, 0.25) is 13.1 Å². The summed E-state index contributed by atoms with van der Waals surface area (Å²) in [4.78, 5) is 47.6. The van der Waals surface area contributed by atoms with E-state index in [1.54, 1.807) is 0 Å². The molecule has 2 aliphatic rings. The Bertz CT molecular complexity index is 994. The van der Waals surface area contributed by atoms with Gasteiger partial charge in [0.2, 0.25) is 14.6 Å². The Hall–Kier alpha value is -2.80. The Balaban J connectivity index is 1.94. The van der Waals surface area contributed by atoms with Gasteiger partial charge >= 0.3 is 23.9 Å². The number of esters is 4. The minimum absolute atomic E-state index is 0.0809. The standard InChI is InChI=1S/C26H36O11Si/c1-15(27)31-14-21-22(32-16(2)28)23(33-17(3)29)24(34-18(4)30)26(35-21)36-25(19-12-13-19)37-38(5,6)20-10-8-7-9-11-20/h7-11,19,21-26H,12-14H2,1-6H3/t21-,22-,23+,24-,25?,26+/m1/s1. The van der Waals surface area contributed by atoms with Gasteiger partial charge in [0.1, 0.15) is 12.7 Å². The van der Waals surface area contributed by atoms with Crippen molar-refractivity contribution in [3.8, 4) is 0 Å². The molecular formula is C26H36O11Si. The molecule has 0 N–H and O–H groups in total. The van der Waals surface area contributed by atoms with Crippen LogP contribution in [0.1, 0.15) is 40.5 Å². The minimum Gasteiger partial charge on any atom is -0.463 e. The van der Waals surface area contributed by atoms with Crippen LogP contribution in [0.5, 0.6) is 0 Å². The van der Waals surface area contributed by atoms with Crippen LogP contribution >= 0.6 is 0 Å². The third kappa shape index (κ3) is 8.35. The van der Waals surface area contributed by atoms with Crippen molar-refractivity contribution in [1.82, 2.24) is 0 Å². The first-order valence-corrected chi connectivity index (χ1v) is 15.5. The van der Waals surface area contributed by atoms with Gasteiger partial charge in [-0.2, -0.15) is 0 Å². The predicted octanol–water partition coefficient (Wildman–Crippen LogP) is 1.95. The Labute approximate surface area is 223 Å². The first-order chi connectivity index (χ1) is 17.9. The second-order valence-corrected chi connectivity index (χ2v) is 13.7. The monoisotopic (exact) mass is 552 g/mol. The molecule has 1 aromatic carbocycles. The van der Waals surface area contributed by atoms with Crippen LogP contribution in [0.4, 0.5) is 0 Å². The first-order valence-electron chi connectivity index (χ1n) is 12.6. The molecule has 38 heavy (non-hydrogen) atoms. The molecule has 1 aliphatic carbocycles. The number of benzene rings is 1. The molecule has 1 saturated carbocycles. The van der Waals surface area contributed by atoms with E-state index in [1.165, 1.54) is 27.7 Å². The molecule has 1 aromatic rings. The SMILES string of the molecule is CC(=O)OC[C@H]1O[C@@H](OC(O[Si](C)(C)c2ccccc2)C2CC2)[C@H](OC(C)=O)[C@@H](OC(C)=O)[C@@H]1OC(C)=O. The van der Waals surface area contributed by atoms with E-state index in [0.717, 1.165) is 18.0 Å². The average molecular weight is 553 g/mol. The molecule has 3 rings (SSSR count). The van der Waals surface area contributed by atoms with E-state index < -0.39 is 69.2 Å². The van der Waals surface area contributed by atoms with Crippen molar-refractivity contribution in [2.45, 2.75) is 90.6 Å². The lowest BCUT2D eigenvalue weighted by Gasteiger charge is -2.45. The third-order valence-corrected chi connectivity index (χ3v) is 8.65. The number of ether oxygens (including phenoxy) is 6. The quantitative estimate of drug-likeness (QED) is 0.173. The van der Waals surface area contributed by atoms with Crippen LogP contribution < -0.4 is 5.19 Å². The Morgan fingerprint density at radius 3 is 1.92 bits per heavy atom. The van der Waals surface area contributed by atoms with Gasteiger partial charge in [-0.1, -0.05) is 30.3 Å². The van der Waals surface area contributed by atoms with Crippen molar-refractivity contribution < 1.29 is 52.0 Å². The van der Waals surface area contributed by atoms with Crippen molar-refractivity contribution in [2.24, 2.45) is 5.92 Å². The number of rotatable bonds is 11. The summed E-state index contributed by atoms with van der Waals surface area (Å²) in [5.74, 6) is -2.60. The Morgan fingerprint density at radius 1 is 0.842 bits per heavy atom. The number of carbonyl (C=O) groups is 4. The molecule has 0 radical (unpaired) electrons. The van der Waals surface area contributed by atoms with E-state index >= 15 is 0 Å². The fourth-order valence-corrected chi connectivity index (χ4v) is 6.19. The van der Waals surface area contributed by atoms with Crippen molar-refractivity contribution in [2.75, 3.05) is 6.61 Å². The minimum atomic E-state index is -2.44. The lowest BCUT2D eigenvalue weighted by molar-refractivity contribution is -0.334. The van der Waals surface area contributed by atoms with Crippen LogP contribution in [0.3, 0.4) is 0 Å². The van der Waals surface area contributed by atoms with Gasteiger partial charge < -0.3 is 32.8 Å². The highest BCUT2D eigenvalue weighted by atomic mass is 28.4. The maximum atomic E-state index is 12.1. The summed E-state index contributed by atoms with van der Waals surface area (Å²) in [5, 5.41) is 1.07. The molecule has 1 saturated heterocycles. The summed E-state index contributed by atoms with van der Waals surface area (Å²) >= 11 is 0. The molecular weight excluding hydrogens is 516 g/mol. The number of hydrogen-bond acceptors (Lipinski definition) is 11. The van der Waals surface area contributed by atoms with E-state index in [4.69, 9.17) is 32.8 Å². The fourth-order valence-electron chi connectivity index (χ4n) is 4.23.